The zero-order valence-electron chi connectivity index (χ0n) is 16.0. The first kappa shape index (κ1) is 19.0. The van der Waals surface area contributed by atoms with Gasteiger partial charge >= 0.3 is 0 Å². The van der Waals surface area contributed by atoms with Crippen molar-refractivity contribution < 1.29 is 9.47 Å². The highest BCUT2D eigenvalue weighted by Crippen LogP contribution is 2.34. The van der Waals surface area contributed by atoms with Crippen LogP contribution in [0.25, 0.3) is 11.1 Å². The number of ether oxygens (including phenoxy) is 2. The van der Waals surface area contributed by atoms with Crippen molar-refractivity contribution in [3.05, 3.63) is 46.8 Å². The Morgan fingerprint density at radius 2 is 2.27 bits per heavy atom. The van der Waals surface area contributed by atoms with Crippen molar-refractivity contribution in [2.75, 3.05) is 13.2 Å². The van der Waals surface area contributed by atoms with Crippen molar-refractivity contribution in [2.45, 2.75) is 46.6 Å². The summed E-state index contributed by atoms with van der Waals surface area (Å²) in [6.45, 7) is 14.3. The van der Waals surface area contributed by atoms with Crippen LogP contribution in [0, 0.1) is 5.92 Å². The van der Waals surface area contributed by atoms with Gasteiger partial charge in [0.25, 0.3) is 0 Å². The van der Waals surface area contributed by atoms with E-state index in [1.807, 2.05) is 12.3 Å². The third-order valence-electron chi connectivity index (χ3n) is 5.45. The van der Waals surface area contributed by atoms with Gasteiger partial charge in [-0.05, 0) is 50.8 Å². The number of hydrogen-bond acceptors (Lipinski definition) is 3. The predicted octanol–water partition coefficient (Wildman–Crippen LogP) is 5.55. The van der Waals surface area contributed by atoms with Crippen LogP contribution in [0.15, 0.2) is 36.2 Å². The highest BCUT2D eigenvalue weighted by atomic mass is 35.5. The minimum Gasteiger partial charge on any atom is -0.488 e. The van der Waals surface area contributed by atoms with Crippen LogP contribution in [-0.2, 0) is 4.74 Å². The molecule has 0 N–H and O–H groups in total. The fraction of sp³-hybridized carbons (Fsp3) is 0.476. The number of pyridine rings is 1. The second kappa shape index (κ2) is 7.85. The lowest BCUT2D eigenvalue weighted by Gasteiger charge is -2.21. The Balaban J connectivity index is 2.00. The molecule has 0 saturated carbocycles. The second-order valence-corrected chi connectivity index (χ2v) is 7.47. The van der Waals surface area contributed by atoms with Crippen LogP contribution < -0.4 is 4.74 Å². The lowest BCUT2D eigenvalue weighted by Crippen LogP contribution is -2.24. The van der Waals surface area contributed by atoms with E-state index in [1.54, 1.807) is 10.7 Å². The molecule has 1 saturated heterocycles. The summed E-state index contributed by atoms with van der Waals surface area (Å²) in [6.07, 6.45) is 5.69. The molecule has 0 spiro atoms. The first-order valence-electron chi connectivity index (χ1n) is 9.19. The minimum atomic E-state index is 0.0461. The molecule has 140 valence electrons. The maximum Gasteiger partial charge on any atom is 0.147 e. The first-order chi connectivity index (χ1) is 12.4. The summed E-state index contributed by atoms with van der Waals surface area (Å²) in [5.41, 5.74) is 5.30. The third-order valence-corrected chi connectivity index (χ3v) is 5.72. The minimum absolute atomic E-state index is 0.0461. The molecule has 0 radical (unpaired) electrons. The van der Waals surface area contributed by atoms with E-state index in [2.05, 4.69) is 39.4 Å². The molecule has 0 aliphatic carbocycles. The molecular weight excluding hydrogens is 348 g/mol. The number of fused-ring (bicyclic) bond motifs is 1. The standard InChI is InChI=1S/C21H27ClN2O2/c1-6-13(2)14(3)15(4)18-9-20(21-19(22)10-23-24(21)11-18)26-16(5)17-7-8-25-12-17/h9-11,16-17H,4,6-8,12H2,1-3,5H3/b14-13+. The van der Waals surface area contributed by atoms with Gasteiger partial charge in [0.2, 0.25) is 0 Å². The van der Waals surface area contributed by atoms with Gasteiger partial charge in [-0.1, -0.05) is 30.7 Å². The van der Waals surface area contributed by atoms with E-state index in [0.29, 0.717) is 10.9 Å². The Kier molecular flexibility index (Phi) is 5.73. The zero-order valence-corrected chi connectivity index (χ0v) is 16.8. The number of nitrogens with zero attached hydrogens (tertiary/aromatic N) is 2. The molecule has 5 heteroatoms. The van der Waals surface area contributed by atoms with Gasteiger partial charge in [-0.25, -0.2) is 4.52 Å². The van der Waals surface area contributed by atoms with Crippen molar-refractivity contribution in [1.82, 2.24) is 9.61 Å². The number of hydrogen-bond donors (Lipinski definition) is 0. The smallest absolute Gasteiger partial charge is 0.147 e. The van der Waals surface area contributed by atoms with Crippen LogP contribution in [-0.4, -0.2) is 28.9 Å². The van der Waals surface area contributed by atoms with Crippen LogP contribution >= 0.6 is 11.6 Å². The Morgan fingerprint density at radius 1 is 1.50 bits per heavy atom. The van der Waals surface area contributed by atoms with Crippen molar-refractivity contribution in [1.29, 1.82) is 0 Å². The summed E-state index contributed by atoms with van der Waals surface area (Å²) in [5.74, 6) is 1.14. The molecule has 0 aromatic carbocycles. The van der Waals surface area contributed by atoms with Gasteiger partial charge in [-0.15, -0.1) is 0 Å². The topological polar surface area (TPSA) is 35.8 Å². The summed E-state index contributed by atoms with van der Waals surface area (Å²) in [4.78, 5) is 0. The monoisotopic (exact) mass is 374 g/mol. The van der Waals surface area contributed by atoms with E-state index in [0.717, 1.165) is 48.5 Å². The molecule has 2 aromatic heterocycles. The molecule has 1 fully saturated rings. The molecule has 26 heavy (non-hydrogen) atoms. The van der Waals surface area contributed by atoms with Crippen LogP contribution in [0.3, 0.4) is 0 Å². The maximum atomic E-state index is 6.37. The molecule has 0 amide bonds. The number of aromatic nitrogens is 2. The van der Waals surface area contributed by atoms with Gasteiger partial charge in [-0.3, -0.25) is 0 Å². The average Bonchev–Trinajstić information content (AvgIpc) is 3.30. The molecule has 4 nitrogen and oxygen atoms in total. The zero-order chi connectivity index (χ0) is 18.8. The van der Waals surface area contributed by atoms with E-state index in [4.69, 9.17) is 21.1 Å². The molecule has 3 rings (SSSR count). The van der Waals surface area contributed by atoms with Gasteiger partial charge in [-0.2, -0.15) is 5.10 Å². The lowest BCUT2D eigenvalue weighted by molar-refractivity contribution is 0.124. The Bertz CT molecular complexity index is 847. The Morgan fingerprint density at radius 3 is 2.92 bits per heavy atom. The van der Waals surface area contributed by atoms with Crippen molar-refractivity contribution in [2.24, 2.45) is 5.92 Å². The summed E-state index contributed by atoms with van der Waals surface area (Å²) < 4.78 is 13.6. The summed E-state index contributed by atoms with van der Waals surface area (Å²) in [6, 6.07) is 2.03. The molecular formula is C21H27ClN2O2. The van der Waals surface area contributed by atoms with E-state index < -0.39 is 0 Å². The van der Waals surface area contributed by atoms with Crippen molar-refractivity contribution >= 4 is 22.7 Å². The fourth-order valence-electron chi connectivity index (χ4n) is 3.26. The molecule has 2 aromatic rings. The SMILES string of the molecule is C=C(/C(C)=C(\C)CC)c1cc(OC(C)C2CCOC2)c2c(Cl)cnn2c1. The van der Waals surface area contributed by atoms with E-state index >= 15 is 0 Å². The van der Waals surface area contributed by atoms with E-state index in [-0.39, 0.29) is 6.10 Å². The van der Waals surface area contributed by atoms with Crippen molar-refractivity contribution in [3.8, 4) is 5.75 Å². The summed E-state index contributed by atoms with van der Waals surface area (Å²) in [7, 11) is 0. The molecule has 2 atom stereocenters. The predicted molar refractivity (Wildman–Crippen MR) is 107 cm³/mol. The average molecular weight is 375 g/mol. The number of halogens is 1. The van der Waals surface area contributed by atoms with Gasteiger partial charge in [0, 0.05) is 24.3 Å². The van der Waals surface area contributed by atoms with Gasteiger partial charge < -0.3 is 9.47 Å². The Labute approximate surface area is 160 Å². The van der Waals surface area contributed by atoms with Crippen LogP contribution in [0.1, 0.15) is 46.1 Å². The summed E-state index contributed by atoms with van der Waals surface area (Å²) in [5, 5.41) is 4.96. The van der Waals surface area contributed by atoms with Gasteiger partial charge in [0.1, 0.15) is 17.4 Å². The highest BCUT2D eigenvalue weighted by Gasteiger charge is 2.25. The van der Waals surface area contributed by atoms with E-state index in [1.165, 1.54) is 11.1 Å². The molecule has 0 bridgehead atoms. The van der Waals surface area contributed by atoms with E-state index in [9.17, 15) is 0 Å². The van der Waals surface area contributed by atoms with Gasteiger partial charge in [0.15, 0.2) is 0 Å². The highest BCUT2D eigenvalue weighted by molar-refractivity contribution is 6.34. The largest absolute Gasteiger partial charge is 0.488 e. The second-order valence-electron chi connectivity index (χ2n) is 7.06. The van der Waals surface area contributed by atoms with Crippen LogP contribution in [0.2, 0.25) is 5.02 Å². The Hall–Kier alpha value is -1.78. The number of allylic oxidation sites excluding steroid dienone is 3. The van der Waals surface area contributed by atoms with Crippen LogP contribution in [0.4, 0.5) is 0 Å². The lowest BCUT2D eigenvalue weighted by atomic mass is 9.97. The first-order valence-corrected chi connectivity index (χ1v) is 9.57. The fourth-order valence-corrected chi connectivity index (χ4v) is 3.49. The number of rotatable bonds is 6. The third kappa shape index (κ3) is 3.67. The maximum absolute atomic E-state index is 6.37. The molecule has 1 aliphatic heterocycles. The molecule has 3 heterocycles. The summed E-state index contributed by atoms with van der Waals surface area (Å²) >= 11 is 6.37. The van der Waals surface area contributed by atoms with Crippen molar-refractivity contribution in [3.63, 3.8) is 0 Å². The quantitative estimate of drug-likeness (QED) is 0.622. The molecule has 1 aliphatic rings. The van der Waals surface area contributed by atoms with Crippen LogP contribution in [0.5, 0.6) is 5.75 Å². The van der Waals surface area contributed by atoms with Gasteiger partial charge in [0.05, 0.1) is 17.8 Å². The normalized spacial score (nSPS) is 19.5. The molecule has 2 unspecified atom stereocenters.